The molecule has 37 heavy (non-hydrogen) atoms. The van der Waals surface area contributed by atoms with E-state index in [9.17, 15) is 40.0 Å². The standard InChI is InChI=1S/C23H26N4O10/c1-23(2)21(30)24(11-15(28)13-36-19-9-5-3-7-17(19)26(32)33)22(31)25(23)12-16(29)14-37-20-10-6-4-8-18(20)27(34)35/h3-10,15-16,28-29H,11-14H2,1-2H3. The minimum atomic E-state index is -1.37. The number of ether oxygens (including phenoxy) is 2. The van der Waals surface area contributed by atoms with E-state index < -0.39 is 52.7 Å². The molecule has 0 aliphatic carbocycles. The molecule has 2 aromatic rings. The van der Waals surface area contributed by atoms with Gasteiger partial charge in [0.15, 0.2) is 11.5 Å². The summed E-state index contributed by atoms with van der Waals surface area (Å²) in [4.78, 5) is 48.8. The van der Waals surface area contributed by atoms with Crippen molar-refractivity contribution in [2.24, 2.45) is 0 Å². The molecule has 1 heterocycles. The van der Waals surface area contributed by atoms with Gasteiger partial charge in [-0.15, -0.1) is 0 Å². The minimum Gasteiger partial charge on any atom is -0.484 e. The first-order valence-electron chi connectivity index (χ1n) is 11.2. The Bertz CT molecular complexity index is 1190. The summed E-state index contributed by atoms with van der Waals surface area (Å²) in [5, 5.41) is 43.0. The number of aliphatic hydroxyl groups excluding tert-OH is 2. The number of hydrogen-bond donors (Lipinski definition) is 2. The van der Waals surface area contributed by atoms with Gasteiger partial charge in [-0.1, -0.05) is 24.3 Å². The minimum absolute atomic E-state index is 0.0574. The molecule has 1 aliphatic rings. The molecule has 0 bridgehead atoms. The zero-order chi connectivity index (χ0) is 27.3. The molecule has 3 rings (SSSR count). The van der Waals surface area contributed by atoms with Crippen LogP contribution in [-0.4, -0.2) is 85.8 Å². The van der Waals surface area contributed by atoms with Gasteiger partial charge in [0, 0.05) is 12.1 Å². The van der Waals surface area contributed by atoms with Crippen LogP contribution in [0.2, 0.25) is 0 Å². The second-order valence-electron chi connectivity index (χ2n) is 8.75. The Morgan fingerprint density at radius 1 is 0.838 bits per heavy atom. The van der Waals surface area contributed by atoms with Gasteiger partial charge in [0.1, 0.15) is 31.0 Å². The molecule has 0 spiro atoms. The number of β-amino-alcohol motifs (C(OH)–C–C–N with tert-alkyl or cyclic N) is 2. The van der Waals surface area contributed by atoms with E-state index in [1.54, 1.807) is 0 Å². The van der Waals surface area contributed by atoms with Crippen molar-refractivity contribution in [2.75, 3.05) is 26.3 Å². The molecular formula is C23H26N4O10. The van der Waals surface area contributed by atoms with Crippen LogP contribution >= 0.6 is 0 Å². The van der Waals surface area contributed by atoms with Crippen LogP contribution in [0.15, 0.2) is 48.5 Å². The van der Waals surface area contributed by atoms with Crippen LogP contribution in [0.3, 0.4) is 0 Å². The van der Waals surface area contributed by atoms with E-state index in [4.69, 9.17) is 9.47 Å². The van der Waals surface area contributed by atoms with E-state index in [1.165, 1.54) is 62.4 Å². The van der Waals surface area contributed by atoms with Crippen LogP contribution in [0.1, 0.15) is 13.8 Å². The van der Waals surface area contributed by atoms with Crippen molar-refractivity contribution >= 4 is 23.3 Å². The predicted molar refractivity (Wildman–Crippen MR) is 127 cm³/mol. The van der Waals surface area contributed by atoms with E-state index in [0.29, 0.717) is 0 Å². The second-order valence-corrected chi connectivity index (χ2v) is 8.75. The summed E-state index contributed by atoms with van der Waals surface area (Å²) >= 11 is 0. The number of nitrogens with zero attached hydrogens (tertiary/aromatic N) is 4. The summed E-state index contributed by atoms with van der Waals surface area (Å²) in [7, 11) is 0. The fourth-order valence-electron chi connectivity index (χ4n) is 3.74. The number of imide groups is 1. The number of benzene rings is 2. The highest BCUT2D eigenvalue weighted by Gasteiger charge is 2.52. The van der Waals surface area contributed by atoms with Crippen LogP contribution in [0.4, 0.5) is 16.2 Å². The van der Waals surface area contributed by atoms with Crippen molar-refractivity contribution in [1.82, 2.24) is 9.80 Å². The molecule has 0 saturated carbocycles. The number of carbonyl (C=O) groups excluding carboxylic acids is 2. The molecule has 14 heteroatoms. The first-order chi connectivity index (χ1) is 17.4. The number of carbonyl (C=O) groups is 2. The normalized spacial score (nSPS) is 16.4. The first kappa shape index (κ1) is 27.3. The first-order valence-corrected chi connectivity index (χ1v) is 11.2. The third kappa shape index (κ3) is 6.10. The van der Waals surface area contributed by atoms with E-state index in [0.717, 1.165) is 9.80 Å². The lowest BCUT2D eigenvalue weighted by molar-refractivity contribution is -0.386. The Morgan fingerprint density at radius 3 is 1.73 bits per heavy atom. The summed E-state index contributed by atoms with van der Waals surface area (Å²) in [6.45, 7) is 1.37. The van der Waals surface area contributed by atoms with Crippen LogP contribution in [0, 0.1) is 20.2 Å². The van der Waals surface area contributed by atoms with E-state index in [-0.39, 0.29) is 36.0 Å². The lowest BCUT2D eigenvalue weighted by atomic mass is 10.0. The Labute approximate surface area is 210 Å². The number of nitro groups is 2. The van der Waals surface area contributed by atoms with Crippen molar-refractivity contribution in [3.8, 4) is 11.5 Å². The van der Waals surface area contributed by atoms with E-state index in [1.807, 2.05) is 0 Å². The maximum atomic E-state index is 13.0. The van der Waals surface area contributed by atoms with Crippen LogP contribution in [0.5, 0.6) is 11.5 Å². The number of urea groups is 1. The Morgan fingerprint density at radius 2 is 1.27 bits per heavy atom. The van der Waals surface area contributed by atoms with Gasteiger partial charge in [0.2, 0.25) is 0 Å². The molecule has 0 radical (unpaired) electrons. The summed E-state index contributed by atoms with van der Waals surface area (Å²) in [6.07, 6.45) is -2.64. The molecule has 1 fully saturated rings. The maximum absolute atomic E-state index is 13.0. The summed E-state index contributed by atoms with van der Waals surface area (Å²) in [6, 6.07) is 10.4. The summed E-state index contributed by atoms with van der Waals surface area (Å²) < 4.78 is 10.7. The zero-order valence-corrected chi connectivity index (χ0v) is 20.1. The Balaban J connectivity index is 1.60. The van der Waals surface area contributed by atoms with E-state index in [2.05, 4.69) is 0 Å². The number of rotatable bonds is 12. The molecule has 3 amide bonds. The molecule has 2 N–H and O–H groups in total. The summed E-state index contributed by atoms with van der Waals surface area (Å²) in [5.74, 6) is -0.763. The van der Waals surface area contributed by atoms with Crippen molar-refractivity contribution < 1.29 is 39.1 Å². The smallest absolute Gasteiger partial charge is 0.327 e. The molecule has 14 nitrogen and oxygen atoms in total. The Kier molecular flexibility index (Phi) is 8.24. The van der Waals surface area contributed by atoms with Gasteiger partial charge in [0.25, 0.3) is 5.91 Å². The van der Waals surface area contributed by atoms with Gasteiger partial charge in [-0.3, -0.25) is 29.9 Å². The lowest BCUT2D eigenvalue weighted by Crippen LogP contribution is -2.48. The van der Waals surface area contributed by atoms with E-state index >= 15 is 0 Å². The molecule has 2 atom stereocenters. The monoisotopic (exact) mass is 518 g/mol. The predicted octanol–water partition coefficient (Wildman–Crippen LogP) is 1.73. The number of aliphatic hydroxyl groups is 2. The fraction of sp³-hybridized carbons (Fsp3) is 0.391. The molecule has 1 aliphatic heterocycles. The summed E-state index contributed by atoms with van der Waals surface area (Å²) in [5.41, 5.74) is -1.95. The van der Waals surface area contributed by atoms with Crippen molar-refractivity contribution in [3.05, 3.63) is 68.8 Å². The Hall–Kier alpha value is -4.30. The third-order valence-corrected chi connectivity index (χ3v) is 5.68. The highest BCUT2D eigenvalue weighted by molar-refractivity contribution is 6.06. The van der Waals surface area contributed by atoms with Crippen LogP contribution in [0.25, 0.3) is 0 Å². The third-order valence-electron chi connectivity index (χ3n) is 5.68. The largest absolute Gasteiger partial charge is 0.484 e. The number of amides is 3. The van der Waals surface area contributed by atoms with Gasteiger partial charge in [0.05, 0.1) is 22.9 Å². The van der Waals surface area contributed by atoms with Gasteiger partial charge in [-0.25, -0.2) is 4.79 Å². The van der Waals surface area contributed by atoms with Gasteiger partial charge in [-0.2, -0.15) is 0 Å². The van der Waals surface area contributed by atoms with Crippen molar-refractivity contribution in [3.63, 3.8) is 0 Å². The average Bonchev–Trinajstić information content (AvgIpc) is 3.01. The highest BCUT2D eigenvalue weighted by atomic mass is 16.6. The van der Waals surface area contributed by atoms with Crippen molar-refractivity contribution in [2.45, 2.75) is 31.6 Å². The van der Waals surface area contributed by atoms with Gasteiger partial charge >= 0.3 is 17.4 Å². The van der Waals surface area contributed by atoms with Gasteiger partial charge in [-0.05, 0) is 26.0 Å². The lowest BCUT2D eigenvalue weighted by Gasteiger charge is -2.29. The molecule has 2 unspecified atom stereocenters. The fourth-order valence-corrected chi connectivity index (χ4v) is 3.74. The SMILES string of the molecule is CC1(C)C(=O)N(CC(O)COc2ccccc2[N+](=O)[O-])C(=O)N1CC(O)COc1ccccc1[N+](=O)[O-]. The molecular weight excluding hydrogens is 492 g/mol. The quantitative estimate of drug-likeness (QED) is 0.238. The number of para-hydroxylation sites is 4. The number of hydrogen-bond acceptors (Lipinski definition) is 10. The molecule has 0 aromatic heterocycles. The van der Waals surface area contributed by atoms with Crippen LogP contribution in [-0.2, 0) is 4.79 Å². The molecule has 1 saturated heterocycles. The molecule has 198 valence electrons. The maximum Gasteiger partial charge on any atom is 0.327 e. The van der Waals surface area contributed by atoms with Gasteiger partial charge < -0.3 is 24.6 Å². The number of nitro benzene ring substituents is 2. The van der Waals surface area contributed by atoms with Crippen LogP contribution < -0.4 is 9.47 Å². The zero-order valence-electron chi connectivity index (χ0n) is 20.1. The molecule has 2 aromatic carbocycles. The highest BCUT2D eigenvalue weighted by Crippen LogP contribution is 2.30. The van der Waals surface area contributed by atoms with Crippen molar-refractivity contribution in [1.29, 1.82) is 0 Å². The average molecular weight is 518 g/mol. The topological polar surface area (TPSA) is 186 Å². The second kappa shape index (κ2) is 11.2.